The summed E-state index contributed by atoms with van der Waals surface area (Å²) in [6.45, 7) is 1.50. The van der Waals surface area contributed by atoms with Crippen molar-refractivity contribution in [2.24, 2.45) is 7.05 Å². The molecular formula is C15H13F6N5OS. The van der Waals surface area contributed by atoms with Gasteiger partial charge in [0, 0.05) is 24.7 Å². The van der Waals surface area contributed by atoms with Crippen LogP contribution in [0.2, 0.25) is 0 Å². The Morgan fingerprint density at radius 1 is 1.21 bits per heavy atom. The van der Waals surface area contributed by atoms with Crippen LogP contribution in [0.15, 0.2) is 18.3 Å². The number of hydrogen-bond acceptors (Lipinski definition) is 4. The van der Waals surface area contributed by atoms with Crippen LogP contribution >= 0.6 is 11.3 Å². The van der Waals surface area contributed by atoms with E-state index >= 15 is 0 Å². The minimum atomic E-state index is -4.65. The lowest BCUT2D eigenvalue weighted by molar-refractivity contribution is -0.141. The number of alkyl halides is 6. The quantitative estimate of drug-likeness (QED) is 0.649. The van der Waals surface area contributed by atoms with E-state index in [0.717, 1.165) is 39.0 Å². The molecule has 28 heavy (non-hydrogen) atoms. The highest BCUT2D eigenvalue weighted by Gasteiger charge is 2.37. The number of amides is 1. The second-order valence-corrected chi connectivity index (χ2v) is 7.13. The number of hydrogen-bond donors (Lipinski definition) is 1. The van der Waals surface area contributed by atoms with Crippen LogP contribution in [-0.2, 0) is 25.9 Å². The molecule has 13 heteroatoms. The summed E-state index contributed by atoms with van der Waals surface area (Å²) >= 11 is 0.842. The van der Waals surface area contributed by atoms with Gasteiger partial charge in [-0.05, 0) is 19.1 Å². The summed E-state index contributed by atoms with van der Waals surface area (Å²) in [5.41, 5.74) is -2.13. The van der Waals surface area contributed by atoms with E-state index in [-0.39, 0.29) is 21.6 Å². The number of nitrogens with zero attached hydrogens (tertiary/aromatic N) is 4. The lowest BCUT2D eigenvalue weighted by Crippen LogP contribution is -2.35. The molecule has 0 aliphatic carbocycles. The van der Waals surface area contributed by atoms with Gasteiger partial charge in [-0.2, -0.15) is 36.5 Å². The third-order valence-corrected chi connectivity index (χ3v) is 4.97. The van der Waals surface area contributed by atoms with Gasteiger partial charge in [0.25, 0.3) is 5.91 Å². The van der Waals surface area contributed by atoms with E-state index in [9.17, 15) is 31.1 Å². The first-order valence-corrected chi connectivity index (χ1v) is 8.63. The Kier molecular flexibility index (Phi) is 4.89. The first-order valence-electron chi connectivity index (χ1n) is 7.81. The lowest BCUT2D eigenvalue weighted by atomic mass is 10.2. The predicted molar refractivity (Wildman–Crippen MR) is 87.8 cm³/mol. The minimum absolute atomic E-state index is 0.0387. The zero-order valence-electron chi connectivity index (χ0n) is 14.4. The summed E-state index contributed by atoms with van der Waals surface area (Å²) < 4.78 is 78.8. The number of halogens is 6. The van der Waals surface area contributed by atoms with Crippen molar-refractivity contribution in [3.8, 4) is 0 Å². The molecule has 0 saturated heterocycles. The SMILES string of the molecule is C[C@@H](Cn1ccc(C(F)(F)F)n1)NC(=O)c1cc2c(C(F)(F)F)nn(C)c2s1. The van der Waals surface area contributed by atoms with Gasteiger partial charge < -0.3 is 5.32 Å². The van der Waals surface area contributed by atoms with Crippen LogP contribution in [0.25, 0.3) is 10.2 Å². The summed E-state index contributed by atoms with van der Waals surface area (Å²) in [6.07, 6.45) is -8.09. The van der Waals surface area contributed by atoms with E-state index in [0.29, 0.717) is 0 Å². The average molecular weight is 425 g/mol. The highest BCUT2D eigenvalue weighted by molar-refractivity contribution is 7.20. The smallest absolute Gasteiger partial charge is 0.347 e. The van der Waals surface area contributed by atoms with Crippen molar-refractivity contribution in [1.29, 1.82) is 0 Å². The molecule has 1 atom stereocenters. The summed E-state index contributed by atoms with van der Waals surface area (Å²) in [7, 11) is 1.34. The minimum Gasteiger partial charge on any atom is -0.347 e. The monoisotopic (exact) mass is 425 g/mol. The van der Waals surface area contributed by atoms with Crippen molar-refractivity contribution in [2.45, 2.75) is 31.9 Å². The fourth-order valence-corrected chi connectivity index (χ4v) is 3.57. The molecule has 0 aliphatic heterocycles. The number of nitrogens with one attached hydrogen (secondary N) is 1. The molecule has 0 spiro atoms. The number of aromatic nitrogens is 4. The first-order chi connectivity index (χ1) is 12.9. The molecule has 3 aromatic heterocycles. The fourth-order valence-electron chi connectivity index (χ4n) is 2.60. The van der Waals surface area contributed by atoms with Crippen LogP contribution in [0.4, 0.5) is 26.3 Å². The summed E-state index contributed by atoms with van der Waals surface area (Å²) in [4.78, 5) is 12.6. The van der Waals surface area contributed by atoms with Gasteiger partial charge >= 0.3 is 12.4 Å². The largest absolute Gasteiger partial charge is 0.435 e. The zero-order valence-corrected chi connectivity index (χ0v) is 15.2. The molecule has 0 bridgehead atoms. The van der Waals surface area contributed by atoms with E-state index in [2.05, 4.69) is 15.5 Å². The highest BCUT2D eigenvalue weighted by atomic mass is 32.1. The van der Waals surface area contributed by atoms with Crippen molar-refractivity contribution < 1.29 is 31.1 Å². The van der Waals surface area contributed by atoms with E-state index in [1.165, 1.54) is 7.05 Å². The molecule has 3 heterocycles. The van der Waals surface area contributed by atoms with E-state index in [1.54, 1.807) is 6.92 Å². The van der Waals surface area contributed by atoms with Gasteiger partial charge in [-0.25, -0.2) is 0 Å². The number of carbonyl (C=O) groups excluding carboxylic acids is 1. The third-order valence-electron chi connectivity index (χ3n) is 3.77. The molecule has 0 aliphatic rings. The van der Waals surface area contributed by atoms with Crippen molar-refractivity contribution in [1.82, 2.24) is 24.9 Å². The molecule has 0 aromatic carbocycles. The van der Waals surface area contributed by atoms with Crippen LogP contribution in [0.1, 0.15) is 28.0 Å². The molecule has 0 fully saturated rings. The van der Waals surface area contributed by atoms with Crippen LogP contribution in [0, 0.1) is 0 Å². The molecule has 1 amide bonds. The number of fused-ring (bicyclic) bond motifs is 1. The molecule has 1 N–H and O–H groups in total. The summed E-state index contributed by atoms with van der Waals surface area (Å²) in [5, 5.41) is 9.17. The number of rotatable bonds is 4. The fraction of sp³-hybridized carbons (Fsp3) is 0.400. The maximum Gasteiger partial charge on any atom is 0.435 e. The van der Waals surface area contributed by atoms with Crippen molar-refractivity contribution in [2.75, 3.05) is 0 Å². The number of aryl methyl sites for hydroxylation is 1. The van der Waals surface area contributed by atoms with Gasteiger partial charge in [-0.15, -0.1) is 11.3 Å². The van der Waals surface area contributed by atoms with Crippen molar-refractivity contribution in [3.05, 3.63) is 34.6 Å². The van der Waals surface area contributed by atoms with E-state index < -0.39 is 35.7 Å². The predicted octanol–water partition coefficient (Wildman–Crippen LogP) is 3.69. The number of thiophene rings is 1. The Morgan fingerprint density at radius 2 is 1.89 bits per heavy atom. The topological polar surface area (TPSA) is 64.7 Å². The standard InChI is InChI=1S/C15H13F6N5OS/c1-7(6-26-4-3-10(23-26)14(16,17)18)22-12(27)9-5-8-11(15(19,20)21)24-25(2)13(8)28-9/h3-5,7H,6H2,1-2H3,(H,22,27)/t7-/m0/s1. The van der Waals surface area contributed by atoms with Gasteiger partial charge in [0.15, 0.2) is 11.4 Å². The number of carbonyl (C=O) groups is 1. The van der Waals surface area contributed by atoms with Crippen LogP contribution < -0.4 is 5.32 Å². The molecule has 152 valence electrons. The normalized spacial score (nSPS) is 13.9. The zero-order chi connectivity index (χ0) is 20.9. The van der Waals surface area contributed by atoms with Crippen LogP contribution in [-0.4, -0.2) is 31.5 Å². The van der Waals surface area contributed by atoms with Gasteiger partial charge in [-0.1, -0.05) is 0 Å². The second kappa shape index (κ2) is 6.79. The Labute approximate surface area is 157 Å². The molecule has 6 nitrogen and oxygen atoms in total. The Morgan fingerprint density at radius 3 is 2.46 bits per heavy atom. The summed E-state index contributed by atoms with van der Waals surface area (Å²) in [6, 6.07) is 1.30. The second-order valence-electron chi connectivity index (χ2n) is 6.09. The molecule has 0 saturated carbocycles. The molecule has 3 rings (SSSR count). The maximum atomic E-state index is 13.0. The lowest BCUT2D eigenvalue weighted by Gasteiger charge is -2.13. The van der Waals surface area contributed by atoms with Gasteiger partial charge in [0.1, 0.15) is 4.83 Å². The molecule has 0 radical (unpaired) electrons. The maximum absolute atomic E-state index is 13.0. The Bertz CT molecular complexity index is 1010. The van der Waals surface area contributed by atoms with Crippen molar-refractivity contribution >= 4 is 27.5 Å². The van der Waals surface area contributed by atoms with Crippen LogP contribution in [0.3, 0.4) is 0 Å². The van der Waals surface area contributed by atoms with Crippen LogP contribution in [0.5, 0.6) is 0 Å². The third kappa shape index (κ3) is 3.98. The summed E-state index contributed by atoms with van der Waals surface area (Å²) in [5.74, 6) is -0.634. The first kappa shape index (κ1) is 20.2. The highest BCUT2D eigenvalue weighted by Crippen LogP contribution is 2.37. The van der Waals surface area contributed by atoms with Gasteiger partial charge in [0.05, 0.1) is 11.4 Å². The van der Waals surface area contributed by atoms with Gasteiger partial charge in [-0.3, -0.25) is 14.2 Å². The average Bonchev–Trinajstić information content (AvgIpc) is 3.22. The molecule has 3 aromatic rings. The molecular weight excluding hydrogens is 412 g/mol. The Balaban J connectivity index is 1.73. The van der Waals surface area contributed by atoms with Crippen molar-refractivity contribution in [3.63, 3.8) is 0 Å². The van der Waals surface area contributed by atoms with E-state index in [1.807, 2.05) is 0 Å². The van der Waals surface area contributed by atoms with E-state index in [4.69, 9.17) is 0 Å². The van der Waals surface area contributed by atoms with Gasteiger partial charge in [0.2, 0.25) is 0 Å². The Hall–Kier alpha value is -2.57. The molecule has 0 unspecified atom stereocenters.